The number of benzene rings is 1. The Hall–Kier alpha value is -1.34. The third-order valence-corrected chi connectivity index (χ3v) is 4.50. The maximum Gasteiger partial charge on any atom is 0.416 e. The quantitative estimate of drug-likeness (QED) is 0.934. The Morgan fingerprint density at radius 2 is 2.05 bits per heavy atom. The van der Waals surface area contributed by atoms with E-state index in [-0.39, 0.29) is 17.8 Å². The van der Waals surface area contributed by atoms with Crippen LogP contribution >= 0.6 is 0 Å². The molecule has 1 aliphatic heterocycles. The first-order valence-corrected chi connectivity index (χ1v) is 7.73. The van der Waals surface area contributed by atoms with E-state index in [0.29, 0.717) is 5.56 Å². The van der Waals surface area contributed by atoms with Crippen LogP contribution < -0.4 is 5.32 Å². The maximum absolute atomic E-state index is 12.6. The lowest BCUT2D eigenvalue weighted by Crippen LogP contribution is -2.32. The van der Waals surface area contributed by atoms with Gasteiger partial charge in [-0.2, -0.15) is 13.2 Å². The van der Waals surface area contributed by atoms with Gasteiger partial charge >= 0.3 is 6.18 Å². The molecule has 1 heterocycles. The van der Waals surface area contributed by atoms with E-state index in [2.05, 4.69) is 5.32 Å². The Morgan fingerprint density at radius 3 is 2.60 bits per heavy atom. The molecule has 2 rings (SSSR count). The lowest BCUT2D eigenvalue weighted by atomic mass is 10.0. The van der Waals surface area contributed by atoms with E-state index in [1.165, 1.54) is 12.1 Å². The first kappa shape index (κ1) is 15.1. The molecule has 1 aromatic rings. The maximum atomic E-state index is 12.6. The van der Waals surface area contributed by atoms with E-state index >= 15 is 0 Å². The van der Waals surface area contributed by atoms with E-state index in [0.717, 1.165) is 17.5 Å². The smallest absolute Gasteiger partial charge is 0.303 e. The number of hydrogen-bond acceptors (Lipinski definition) is 3. The highest BCUT2D eigenvalue weighted by Crippen LogP contribution is 2.30. The van der Waals surface area contributed by atoms with Crippen LogP contribution in [0.5, 0.6) is 0 Å². The molecule has 0 saturated carbocycles. The van der Waals surface area contributed by atoms with Gasteiger partial charge in [0.15, 0.2) is 9.84 Å². The topological polar surface area (TPSA) is 46.2 Å². The third-order valence-electron chi connectivity index (χ3n) is 3.11. The van der Waals surface area contributed by atoms with Crippen LogP contribution in [0.4, 0.5) is 13.2 Å². The second-order valence-electron chi connectivity index (χ2n) is 4.78. The Labute approximate surface area is 115 Å². The molecule has 0 aliphatic carbocycles. The molecule has 20 heavy (non-hydrogen) atoms. The molecule has 0 radical (unpaired) electrons. The van der Waals surface area contributed by atoms with Gasteiger partial charge in [-0.3, -0.25) is 0 Å². The van der Waals surface area contributed by atoms with Gasteiger partial charge in [-0.05, 0) is 24.6 Å². The number of halogens is 3. The zero-order valence-corrected chi connectivity index (χ0v) is 11.5. The molecule has 0 aromatic heterocycles. The number of nitrogens with one attached hydrogen (secondary N) is 1. The Bertz CT molecular complexity index is 623. The van der Waals surface area contributed by atoms with Crippen LogP contribution in [-0.4, -0.2) is 20.2 Å². The molecular weight excluding hydrogens is 291 g/mol. The second kappa shape index (κ2) is 5.21. The lowest BCUT2D eigenvalue weighted by molar-refractivity contribution is -0.137. The molecule has 7 heteroatoms. The summed E-state index contributed by atoms with van der Waals surface area (Å²) in [6.07, 6.45) is -2.87. The molecule has 0 bridgehead atoms. The number of sulfone groups is 1. The highest BCUT2D eigenvalue weighted by atomic mass is 32.2. The number of hydrogen-bond donors (Lipinski definition) is 1. The summed E-state index contributed by atoms with van der Waals surface area (Å²) in [5.41, 5.74) is -0.240. The molecule has 2 atom stereocenters. The second-order valence-corrected chi connectivity index (χ2v) is 6.71. The standard InChI is InChI=1S/C13H14F3NO2S/c1-9(17-12-5-6-20(18,19)8-12)10-3-2-4-11(7-10)13(14,15)16/h2-7,9,12,17H,8H2,1H3. The minimum Gasteiger partial charge on any atom is -0.303 e. The van der Waals surface area contributed by atoms with Crippen molar-refractivity contribution in [3.8, 4) is 0 Å². The summed E-state index contributed by atoms with van der Waals surface area (Å²) in [6, 6.07) is 4.27. The Balaban J connectivity index is 2.11. The van der Waals surface area contributed by atoms with Gasteiger partial charge in [0.05, 0.1) is 11.3 Å². The molecule has 0 amide bonds. The van der Waals surface area contributed by atoms with E-state index < -0.39 is 21.6 Å². The fourth-order valence-corrected chi connectivity index (χ4v) is 3.33. The predicted octanol–water partition coefficient (Wildman–Crippen LogP) is 2.67. The van der Waals surface area contributed by atoms with Gasteiger partial charge < -0.3 is 5.32 Å². The zero-order valence-electron chi connectivity index (χ0n) is 10.7. The van der Waals surface area contributed by atoms with E-state index in [4.69, 9.17) is 0 Å². The Morgan fingerprint density at radius 1 is 1.35 bits per heavy atom. The van der Waals surface area contributed by atoms with Crippen molar-refractivity contribution in [2.24, 2.45) is 0 Å². The van der Waals surface area contributed by atoms with Gasteiger partial charge in [-0.15, -0.1) is 0 Å². The first-order chi connectivity index (χ1) is 9.17. The summed E-state index contributed by atoms with van der Waals surface area (Å²) in [5, 5.41) is 4.12. The van der Waals surface area contributed by atoms with Crippen molar-refractivity contribution < 1.29 is 21.6 Å². The minimum absolute atomic E-state index is 0.0592. The summed E-state index contributed by atoms with van der Waals surface area (Å²) < 4.78 is 60.4. The van der Waals surface area contributed by atoms with Crippen LogP contribution in [0.25, 0.3) is 0 Å². The normalized spacial score (nSPS) is 22.9. The molecule has 0 spiro atoms. The van der Waals surface area contributed by atoms with Crippen molar-refractivity contribution >= 4 is 9.84 Å². The van der Waals surface area contributed by atoms with Crippen LogP contribution in [0, 0.1) is 0 Å². The molecule has 3 nitrogen and oxygen atoms in total. The van der Waals surface area contributed by atoms with Gasteiger partial charge in [0.2, 0.25) is 0 Å². The van der Waals surface area contributed by atoms with Gasteiger partial charge in [0.25, 0.3) is 0 Å². The van der Waals surface area contributed by atoms with Crippen LogP contribution in [0.3, 0.4) is 0 Å². The summed E-state index contributed by atoms with van der Waals surface area (Å²) >= 11 is 0. The van der Waals surface area contributed by atoms with Crippen molar-refractivity contribution in [1.82, 2.24) is 5.32 Å². The molecule has 0 fully saturated rings. The van der Waals surface area contributed by atoms with Crippen LogP contribution in [0.1, 0.15) is 24.1 Å². The monoisotopic (exact) mass is 305 g/mol. The molecule has 1 N–H and O–H groups in total. The number of alkyl halides is 3. The molecule has 2 unspecified atom stereocenters. The van der Waals surface area contributed by atoms with Crippen LogP contribution in [0.2, 0.25) is 0 Å². The predicted molar refractivity (Wildman–Crippen MR) is 69.7 cm³/mol. The van der Waals surface area contributed by atoms with Gasteiger partial charge in [-0.25, -0.2) is 8.42 Å². The average Bonchev–Trinajstić information content (AvgIpc) is 2.68. The largest absolute Gasteiger partial charge is 0.416 e. The van der Waals surface area contributed by atoms with E-state index in [1.807, 2.05) is 0 Å². The van der Waals surface area contributed by atoms with E-state index in [9.17, 15) is 21.6 Å². The third kappa shape index (κ3) is 3.61. The van der Waals surface area contributed by atoms with Crippen molar-refractivity contribution in [2.75, 3.05) is 5.75 Å². The molecule has 1 aliphatic rings. The average molecular weight is 305 g/mol. The fourth-order valence-electron chi connectivity index (χ4n) is 2.08. The van der Waals surface area contributed by atoms with Gasteiger partial charge in [0.1, 0.15) is 0 Å². The molecular formula is C13H14F3NO2S. The zero-order chi connectivity index (χ0) is 15.0. The molecule has 1 aromatic carbocycles. The molecule has 0 saturated heterocycles. The highest BCUT2D eigenvalue weighted by Gasteiger charge is 2.31. The SMILES string of the molecule is CC(NC1C=CS(=O)(=O)C1)c1cccc(C(F)(F)F)c1. The fraction of sp³-hybridized carbons (Fsp3) is 0.385. The van der Waals surface area contributed by atoms with Crippen LogP contribution in [0.15, 0.2) is 35.7 Å². The van der Waals surface area contributed by atoms with Crippen molar-refractivity contribution in [3.63, 3.8) is 0 Å². The van der Waals surface area contributed by atoms with Crippen molar-refractivity contribution in [3.05, 3.63) is 46.9 Å². The van der Waals surface area contributed by atoms with Crippen LogP contribution in [-0.2, 0) is 16.0 Å². The Kier molecular flexibility index (Phi) is 3.93. The summed E-state index contributed by atoms with van der Waals surface area (Å²) in [4.78, 5) is 0. The lowest BCUT2D eigenvalue weighted by Gasteiger charge is -2.19. The number of rotatable bonds is 3. The first-order valence-electron chi connectivity index (χ1n) is 6.01. The minimum atomic E-state index is -4.38. The highest BCUT2D eigenvalue weighted by molar-refractivity contribution is 7.94. The van der Waals surface area contributed by atoms with Crippen molar-refractivity contribution in [1.29, 1.82) is 0 Å². The summed E-state index contributed by atoms with van der Waals surface area (Å²) in [5.74, 6) is -0.0592. The van der Waals surface area contributed by atoms with Crippen molar-refractivity contribution in [2.45, 2.75) is 25.2 Å². The summed E-state index contributed by atoms with van der Waals surface area (Å²) in [7, 11) is -3.18. The summed E-state index contributed by atoms with van der Waals surface area (Å²) in [6.45, 7) is 1.70. The van der Waals surface area contributed by atoms with E-state index in [1.54, 1.807) is 13.0 Å². The van der Waals surface area contributed by atoms with Gasteiger partial charge in [0, 0.05) is 17.5 Å². The molecule has 110 valence electrons. The van der Waals surface area contributed by atoms with Gasteiger partial charge in [-0.1, -0.05) is 18.2 Å².